The normalized spacial score (nSPS) is 17.9. The Morgan fingerprint density at radius 2 is 1.11 bits per heavy atom. The number of unbranched alkanes of at least 4 members (excludes halogenated alkanes) is 6. The van der Waals surface area contributed by atoms with Crippen LogP contribution in [-0.2, 0) is 13.4 Å². The molecule has 0 heterocycles. The Kier molecular flexibility index (Phi) is 10.3. The van der Waals surface area contributed by atoms with Gasteiger partial charge in [0.25, 0.3) is 0 Å². The van der Waals surface area contributed by atoms with Gasteiger partial charge in [0.2, 0.25) is 0 Å². The summed E-state index contributed by atoms with van der Waals surface area (Å²) in [6.45, 7) is 4.10. The molecule has 0 rings (SSSR count). The van der Waals surface area contributed by atoms with Crippen molar-refractivity contribution in [2.45, 2.75) is 65.2 Å². The first kappa shape index (κ1) is 19.3. The Balaban J connectivity index is 4.01. The summed E-state index contributed by atoms with van der Waals surface area (Å²) in [7, 11) is -7.85. The van der Waals surface area contributed by atoms with Gasteiger partial charge in [-0.3, -0.25) is 9.13 Å². The lowest BCUT2D eigenvalue weighted by atomic mass is 10.2. The third-order valence-corrected chi connectivity index (χ3v) is 6.65. The van der Waals surface area contributed by atoms with E-state index in [1.807, 2.05) is 13.8 Å². The molecule has 0 spiro atoms. The van der Waals surface area contributed by atoms with E-state index in [2.05, 4.69) is 4.31 Å². The summed E-state index contributed by atoms with van der Waals surface area (Å²) in [6, 6.07) is 0. The minimum Gasteiger partial charge on any atom is -0.324 e. The van der Waals surface area contributed by atoms with Crippen molar-refractivity contribution < 1.29 is 23.2 Å². The molecule has 0 saturated heterocycles. The molecule has 0 amide bonds. The first-order chi connectivity index (χ1) is 8.83. The fourth-order valence-electron chi connectivity index (χ4n) is 1.76. The predicted octanol–water partition coefficient (Wildman–Crippen LogP) is 4.53. The molecule has 116 valence electrons. The van der Waals surface area contributed by atoms with Crippen molar-refractivity contribution in [3.8, 4) is 0 Å². The van der Waals surface area contributed by atoms with Crippen molar-refractivity contribution in [2.24, 2.45) is 0 Å². The molecule has 2 unspecified atom stereocenters. The second-order valence-electron chi connectivity index (χ2n) is 4.93. The maximum Gasteiger partial charge on any atom is 0.335 e. The van der Waals surface area contributed by atoms with E-state index in [-0.39, 0.29) is 12.3 Å². The van der Waals surface area contributed by atoms with Crippen molar-refractivity contribution in [3.63, 3.8) is 0 Å². The van der Waals surface area contributed by atoms with Crippen LogP contribution in [0.1, 0.15) is 65.2 Å². The standard InChI is InChI=1S/C12H28O5P2/c1-3-5-7-9-11-18(13,14)17-19(15,16)12-10-8-6-4-2/h3-12H2,1-2H3,(H,13,14)(H,15,16). The lowest BCUT2D eigenvalue weighted by Gasteiger charge is -2.16. The highest BCUT2D eigenvalue weighted by molar-refractivity contribution is 7.66. The van der Waals surface area contributed by atoms with E-state index in [9.17, 15) is 18.9 Å². The van der Waals surface area contributed by atoms with Gasteiger partial charge in [0.15, 0.2) is 0 Å². The van der Waals surface area contributed by atoms with Gasteiger partial charge in [-0.2, -0.15) is 0 Å². The lowest BCUT2D eigenvalue weighted by molar-refractivity contribution is 0.329. The van der Waals surface area contributed by atoms with Crippen molar-refractivity contribution in [1.82, 2.24) is 0 Å². The van der Waals surface area contributed by atoms with E-state index in [1.54, 1.807) is 0 Å². The molecule has 0 aromatic rings. The molecule has 0 aromatic carbocycles. The zero-order valence-corrected chi connectivity index (χ0v) is 13.9. The maximum atomic E-state index is 11.7. The minimum absolute atomic E-state index is 0.0352. The van der Waals surface area contributed by atoms with Gasteiger partial charge < -0.3 is 9.79 Å². The van der Waals surface area contributed by atoms with Crippen molar-refractivity contribution in [1.29, 1.82) is 0 Å². The second kappa shape index (κ2) is 10.1. The van der Waals surface area contributed by atoms with Crippen molar-refractivity contribution >= 4 is 15.2 Å². The fraction of sp³-hybridized carbons (Fsp3) is 1.00. The van der Waals surface area contributed by atoms with Crippen LogP contribution >= 0.6 is 15.2 Å². The van der Waals surface area contributed by atoms with Gasteiger partial charge >= 0.3 is 15.2 Å². The van der Waals surface area contributed by atoms with Crippen LogP contribution in [0.3, 0.4) is 0 Å². The Bertz CT molecular complexity index is 289. The Hall–Kier alpha value is 0.340. The highest BCUT2D eigenvalue weighted by Gasteiger charge is 2.30. The summed E-state index contributed by atoms with van der Waals surface area (Å²) in [4.78, 5) is 19.1. The number of rotatable bonds is 12. The third kappa shape index (κ3) is 11.8. The first-order valence-electron chi connectivity index (χ1n) is 7.18. The van der Waals surface area contributed by atoms with Crippen LogP contribution in [0.2, 0.25) is 0 Å². The number of hydrogen-bond donors (Lipinski definition) is 2. The van der Waals surface area contributed by atoms with Gasteiger partial charge in [0.1, 0.15) is 0 Å². The maximum absolute atomic E-state index is 11.7. The average molecular weight is 314 g/mol. The van der Waals surface area contributed by atoms with Crippen LogP contribution in [0.5, 0.6) is 0 Å². The summed E-state index contributed by atoms with van der Waals surface area (Å²) in [6.07, 6.45) is 6.78. The molecule has 7 heteroatoms. The SMILES string of the molecule is CCCCCCP(=O)(O)OP(=O)(O)CCCCCC. The Morgan fingerprint density at radius 3 is 1.42 bits per heavy atom. The highest BCUT2D eigenvalue weighted by atomic mass is 31.3. The molecular weight excluding hydrogens is 286 g/mol. The van der Waals surface area contributed by atoms with Gasteiger partial charge in [-0.15, -0.1) is 0 Å². The minimum atomic E-state index is -3.92. The number of hydrogen-bond acceptors (Lipinski definition) is 3. The van der Waals surface area contributed by atoms with Gasteiger partial charge in [0.05, 0.1) is 12.3 Å². The zero-order valence-electron chi connectivity index (χ0n) is 12.1. The Morgan fingerprint density at radius 1 is 0.737 bits per heavy atom. The average Bonchev–Trinajstić information content (AvgIpc) is 2.29. The molecule has 0 aliphatic carbocycles. The monoisotopic (exact) mass is 314 g/mol. The predicted molar refractivity (Wildman–Crippen MR) is 78.8 cm³/mol. The first-order valence-corrected chi connectivity index (χ1v) is 10.7. The Labute approximate surface area is 116 Å². The molecule has 0 saturated carbocycles. The summed E-state index contributed by atoms with van der Waals surface area (Å²) >= 11 is 0. The van der Waals surface area contributed by atoms with Crippen LogP contribution in [0.4, 0.5) is 0 Å². The molecule has 19 heavy (non-hydrogen) atoms. The van der Waals surface area contributed by atoms with Crippen LogP contribution < -0.4 is 0 Å². The largest absolute Gasteiger partial charge is 0.335 e. The van der Waals surface area contributed by atoms with E-state index in [1.165, 1.54) is 0 Å². The van der Waals surface area contributed by atoms with E-state index in [0.717, 1.165) is 38.5 Å². The summed E-state index contributed by atoms with van der Waals surface area (Å²) in [5.74, 6) is 0. The molecule has 0 radical (unpaired) electrons. The molecule has 0 bridgehead atoms. The molecule has 0 aliphatic rings. The van der Waals surface area contributed by atoms with E-state index < -0.39 is 15.2 Å². The van der Waals surface area contributed by atoms with Gasteiger partial charge in [-0.05, 0) is 12.8 Å². The molecule has 0 aliphatic heterocycles. The molecule has 2 atom stereocenters. The summed E-state index contributed by atoms with van der Waals surface area (Å²) < 4.78 is 28.0. The molecule has 5 nitrogen and oxygen atoms in total. The van der Waals surface area contributed by atoms with E-state index in [0.29, 0.717) is 12.8 Å². The van der Waals surface area contributed by atoms with Crippen LogP contribution in [-0.4, -0.2) is 22.1 Å². The van der Waals surface area contributed by atoms with Crippen LogP contribution in [0.25, 0.3) is 0 Å². The zero-order chi connectivity index (χ0) is 14.8. The van der Waals surface area contributed by atoms with Crippen LogP contribution in [0.15, 0.2) is 0 Å². The smallest absolute Gasteiger partial charge is 0.324 e. The van der Waals surface area contributed by atoms with Crippen LogP contribution in [0, 0.1) is 0 Å². The van der Waals surface area contributed by atoms with Crippen molar-refractivity contribution in [3.05, 3.63) is 0 Å². The lowest BCUT2D eigenvalue weighted by Crippen LogP contribution is -1.98. The van der Waals surface area contributed by atoms with Gasteiger partial charge in [-0.1, -0.05) is 52.4 Å². The third-order valence-electron chi connectivity index (χ3n) is 2.84. The van der Waals surface area contributed by atoms with Gasteiger partial charge in [0, 0.05) is 0 Å². The molecule has 0 fully saturated rings. The molecular formula is C12H28O5P2. The summed E-state index contributed by atoms with van der Waals surface area (Å²) in [5, 5.41) is 0. The highest BCUT2D eigenvalue weighted by Crippen LogP contribution is 2.59. The van der Waals surface area contributed by atoms with E-state index >= 15 is 0 Å². The van der Waals surface area contributed by atoms with E-state index in [4.69, 9.17) is 0 Å². The van der Waals surface area contributed by atoms with Crippen molar-refractivity contribution in [2.75, 3.05) is 12.3 Å². The van der Waals surface area contributed by atoms with Gasteiger partial charge in [-0.25, -0.2) is 4.31 Å². The quantitative estimate of drug-likeness (QED) is 0.408. The summed E-state index contributed by atoms with van der Waals surface area (Å²) in [5.41, 5.74) is 0. The molecule has 2 N–H and O–H groups in total. The topological polar surface area (TPSA) is 83.8 Å². The molecule has 0 aromatic heterocycles. The fourth-order valence-corrected chi connectivity index (χ4v) is 5.25. The second-order valence-corrected chi connectivity index (χ2v) is 9.02.